The summed E-state index contributed by atoms with van der Waals surface area (Å²) in [4.78, 5) is 12.0. The Hall–Kier alpha value is -0.693. The van der Waals surface area contributed by atoms with Crippen LogP contribution in [0.25, 0.3) is 0 Å². The maximum absolute atomic E-state index is 12.0. The molecule has 3 heterocycles. The minimum Gasteiger partial charge on any atom is -0.459 e. The average Bonchev–Trinajstić information content (AvgIpc) is 2.87. The number of carbonyl (C=O) groups is 1. The standard InChI is InChI=1S/C19H32O5Si/c1-8-9-13-12-10-15(20)23-16(12)17-14(22-13)11-21-25(24-17,18(2,3)4)19(5,6)7/h8,12-14,16-17H,1,9-11H2,2-7H3/t12-,13-,14-,16-,17-/m1/s1. The van der Waals surface area contributed by atoms with E-state index in [4.69, 9.17) is 18.3 Å². The second-order valence-corrected chi connectivity index (χ2v) is 14.3. The van der Waals surface area contributed by atoms with E-state index in [2.05, 4.69) is 48.1 Å². The van der Waals surface area contributed by atoms with Gasteiger partial charge < -0.3 is 18.3 Å². The average molecular weight is 369 g/mol. The molecule has 3 rings (SSSR count). The molecule has 6 heteroatoms. The lowest BCUT2D eigenvalue weighted by Crippen LogP contribution is -2.69. The summed E-state index contributed by atoms with van der Waals surface area (Å²) in [6, 6.07) is 0. The van der Waals surface area contributed by atoms with Crippen LogP contribution in [0.15, 0.2) is 12.7 Å². The number of carbonyl (C=O) groups excluding carboxylic acids is 1. The SMILES string of the molecule is C=CC[C@H]1O[C@@H]2CO[Si](C(C)(C)C)(C(C)(C)C)O[C@H]2[C@@H]2OC(=O)C[C@@H]21. The van der Waals surface area contributed by atoms with Crippen LogP contribution < -0.4 is 0 Å². The van der Waals surface area contributed by atoms with Gasteiger partial charge in [-0.25, -0.2) is 0 Å². The Balaban J connectivity index is 1.94. The molecule has 0 aromatic carbocycles. The molecule has 142 valence electrons. The predicted molar refractivity (Wildman–Crippen MR) is 97.5 cm³/mol. The van der Waals surface area contributed by atoms with E-state index in [0.717, 1.165) is 0 Å². The van der Waals surface area contributed by atoms with Crippen molar-refractivity contribution in [2.75, 3.05) is 6.61 Å². The van der Waals surface area contributed by atoms with Crippen molar-refractivity contribution in [3.8, 4) is 0 Å². The van der Waals surface area contributed by atoms with Crippen LogP contribution in [0.2, 0.25) is 10.1 Å². The number of rotatable bonds is 2. The highest BCUT2D eigenvalue weighted by Crippen LogP contribution is 2.56. The number of fused-ring (bicyclic) bond motifs is 3. The summed E-state index contributed by atoms with van der Waals surface area (Å²) >= 11 is 0. The van der Waals surface area contributed by atoms with E-state index < -0.39 is 8.56 Å². The first kappa shape index (κ1) is 19.1. The molecule has 3 saturated heterocycles. The van der Waals surface area contributed by atoms with Crippen LogP contribution in [0.5, 0.6) is 0 Å². The molecular weight excluding hydrogens is 336 g/mol. The molecule has 0 unspecified atom stereocenters. The van der Waals surface area contributed by atoms with Gasteiger partial charge in [0.1, 0.15) is 18.3 Å². The highest BCUT2D eigenvalue weighted by Gasteiger charge is 2.65. The summed E-state index contributed by atoms with van der Waals surface area (Å²) < 4.78 is 25.3. The van der Waals surface area contributed by atoms with Gasteiger partial charge in [0.15, 0.2) is 0 Å². The van der Waals surface area contributed by atoms with Crippen LogP contribution in [-0.4, -0.2) is 45.6 Å². The van der Waals surface area contributed by atoms with Crippen molar-refractivity contribution in [2.45, 2.75) is 88.9 Å². The van der Waals surface area contributed by atoms with Gasteiger partial charge in [-0.3, -0.25) is 4.79 Å². The molecule has 0 amide bonds. The third kappa shape index (κ3) is 3.01. The maximum Gasteiger partial charge on any atom is 0.349 e. The molecule has 0 saturated carbocycles. The lowest BCUT2D eigenvalue weighted by Gasteiger charge is -2.57. The van der Waals surface area contributed by atoms with Crippen molar-refractivity contribution in [2.24, 2.45) is 5.92 Å². The minimum atomic E-state index is -2.61. The summed E-state index contributed by atoms with van der Waals surface area (Å²) in [6.45, 7) is 17.4. The molecule has 3 aliphatic heterocycles. The van der Waals surface area contributed by atoms with E-state index in [-0.39, 0.29) is 46.4 Å². The summed E-state index contributed by atoms with van der Waals surface area (Å²) in [5, 5.41) is -0.210. The Morgan fingerprint density at radius 2 is 1.80 bits per heavy atom. The van der Waals surface area contributed by atoms with Gasteiger partial charge in [-0.2, -0.15) is 0 Å². The zero-order valence-electron chi connectivity index (χ0n) is 16.3. The van der Waals surface area contributed by atoms with Gasteiger partial charge in [-0.15, -0.1) is 6.58 Å². The van der Waals surface area contributed by atoms with E-state index in [1.165, 1.54) is 0 Å². The van der Waals surface area contributed by atoms with Crippen molar-refractivity contribution in [1.29, 1.82) is 0 Å². The van der Waals surface area contributed by atoms with Crippen LogP contribution in [0.4, 0.5) is 0 Å². The smallest absolute Gasteiger partial charge is 0.349 e. The molecule has 0 aromatic heterocycles. The van der Waals surface area contributed by atoms with Gasteiger partial charge in [-0.05, 0) is 6.42 Å². The molecule has 5 atom stereocenters. The molecule has 0 radical (unpaired) electrons. The van der Waals surface area contributed by atoms with E-state index in [1.54, 1.807) is 0 Å². The molecule has 0 aliphatic carbocycles. The highest BCUT2D eigenvalue weighted by atomic mass is 28.4. The zero-order chi connectivity index (χ0) is 18.6. The maximum atomic E-state index is 12.0. The Morgan fingerprint density at radius 1 is 1.16 bits per heavy atom. The normalized spacial score (nSPS) is 37.8. The Kier molecular flexibility index (Phi) is 4.72. The largest absolute Gasteiger partial charge is 0.459 e. The third-order valence-electron chi connectivity index (χ3n) is 5.74. The molecule has 3 fully saturated rings. The summed E-state index contributed by atoms with van der Waals surface area (Å²) in [5.74, 6) is -0.112. The van der Waals surface area contributed by atoms with Crippen LogP contribution in [0.1, 0.15) is 54.4 Å². The fourth-order valence-electron chi connectivity index (χ4n) is 4.87. The fourth-order valence-corrected chi connectivity index (χ4v) is 9.83. The molecule has 3 aliphatic rings. The van der Waals surface area contributed by atoms with Gasteiger partial charge in [-0.1, -0.05) is 47.6 Å². The summed E-state index contributed by atoms with van der Waals surface area (Å²) in [5.41, 5.74) is 0. The predicted octanol–water partition coefficient (Wildman–Crippen LogP) is 3.72. The lowest BCUT2D eigenvalue weighted by atomic mass is 9.85. The minimum absolute atomic E-state index is 0.0384. The zero-order valence-corrected chi connectivity index (χ0v) is 17.3. The van der Waals surface area contributed by atoms with Gasteiger partial charge in [0.2, 0.25) is 0 Å². The number of hydrogen-bond donors (Lipinski definition) is 0. The van der Waals surface area contributed by atoms with Crippen LogP contribution in [0, 0.1) is 5.92 Å². The summed E-state index contributed by atoms with van der Waals surface area (Å²) in [7, 11) is -2.61. The first-order valence-corrected chi connectivity index (χ1v) is 11.1. The second-order valence-electron chi connectivity index (χ2n) is 9.57. The first-order chi connectivity index (χ1) is 11.5. The Labute approximate surface area is 152 Å². The molecule has 5 nitrogen and oxygen atoms in total. The fraction of sp³-hybridized carbons (Fsp3) is 0.842. The van der Waals surface area contributed by atoms with Crippen molar-refractivity contribution >= 4 is 14.5 Å². The molecular formula is C19H32O5Si. The molecule has 0 spiro atoms. The van der Waals surface area contributed by atoms with Crippen LogP contribution in [-0.2, 0) is 23.1 Å². The van der Waals surface area contributed by atoms with Gasteiger partial charge in [0.05, 0.1) is 19.1 Å². The van der Waals surface area contributed by atoms with Gasteiger partial charge >= 0.3 is 14.5 Å². The second kappa shape index (κ2) is 6.18. The van der Waals surface area contributed by atoms with E-state index in [0.29, 0.717) is 19.4 Å². The summed E-state index contributed by atoms with van der Waals surface area (Å²) in [6.07, 6.45) is 2.23. The van der Waals surface area contributed by atoms with Gasteiger partial charge in [0, 0.05) is 16.0 Å². The molecule has 25 heavy (non-hydrogen) atoms. The van der Waals surface area contributed by atoms with Crippen molar-refractivity contribution in [3.05, 3.63) is 12.7 Å². The van der Waals surface area contributed by atoms with E-state index in [9.17, 15) is 4.79 Å². The molecule has 0 aromatic rings. The van der Waals surface area contributed by atoms with Crippen LogP contribution >= 0.6 is 0 Å². The van der Waals surface area contributed by atoms with Crippen molar-refractivity contribution in [3.63, 3.8) is 0 Å². The van der Waals surface area contributed by atoms with Gasteiger partial charge in [0.25, 0.3) is 0 Å². The number of ether oxygens (including phenoxy) is 2. The van der Waals surface area contributed by atoms with Crippen molar-refractivity contribution in [1.82, 2.24) is 0 Å². The molecule has 0 bridgehead atoms. The first-order valence-electron chi connectivity index (χ1n) is 9.28. The Bertz CT molecular complexity index is 533. The van der Waals surface area contributed by atoms with E-state index >= 15 is 0 Å². The topological polar surface area (TPSA) is 54.0 Å². The van der Waals surface area contributed by atoms with E-state index in [1.807, 2.05) is 6.08 Å². The number of hydrogen-bond acceptors (Lipinski definition) is 5. The Morgan fingerprint density at radius 3 is 2.36 bits per heavy atom. The monoisotopic (exact) mass is 368 g/mol. The lowest BCUT2D eigenvalue weighted by molar-refractivity contribution is -0.216. The highest BCUT2D eigenvalue weighted by molar-refractivity contribution is 6.73. The van der Waals surface area contributed by atoms with Crippen molar-refractivity contribution < 1.29 is 23.1 Å². The quantitative estimate of drug-likeness (QED) is 0.422. The number of esters is 1. The third-order valence-corrected chi connectivity index (χ3v) is 10.9. The van der Waals surface area contributed by atoms with Crippen LogP contribution in [0.3, 0.4) is 0 Å². The molecule has 0 N–H and O–H groups in total.